The minimum Gasteiger partial charge on any atom is -0.469 e. The van der Waals surface area contributed by atoms with Gasteiger partial charge in [0.25, 0.3) is 0 Å². The molecule has 20 heavy (non-hydrogen) atoms. The van der Waals surface area contributed by atoms with Crippen LogP contribution in [0.3, 0.4) is 0 Å². The van der Waals surface area contributed by atoms with Crippen molar-refractivity contribution in [2.45, 2.75) is 18.4 Å². The highest BCUT2D eigenvalue weighted by Gasteiger charge is 2.24. The Bertz CT molecular complexity index is 725. The molecule has 0 N–H and O–H groups in total. The Morgan fingerprint density at radius 1 is 1.25 bits per heavy atom. The van der Waals surface area contributed by atoms with Gasteiger partial charge in [0.2, 0.25) is 10.0 Å². The molecule has 7 heteroatoms. The highest BCUT2D eigenvalue weighted by molar-refractivity contribution is 9.11. The van der Waals surface area contributed by atoms with E-state index in [4.69, 9.17) is 4.42 Å². The van der Waals surface area contributed by atoms with Gasteiger partial charge >= 0.3 is 0 Å². The Balaban J connectivity index is 2.32. The summed E-state index contributed by atoms with van der Waals surface area (Å²) in [7, 11) is -2.00. The number of halogens is 2. The van der Waals surface area contributed by atoms with Gasteiger partial charge in [0.05, 0.1) is 11.2 Å². The molecule has 0 amide bonds. The summed E-state index contributed by atoms with van der Waals surface area (Å²) >= 11 is 6.60. The third-order valence-corrected chi connectivity index (χ3v) is 6.21. The zero-order chi connectivity index (χ0) is 14.9. The molecule has 0 aliphatic rings. The van der Waals surface area contributed by atoms with Gasteiger partial charge in [-0.05, 0) is 47.1 Å². The van der Waals surface area contributed by atoms with Crippen LogP contribution in [0.25, 0.3) is 0 Å². The van der Waals surface area contributed by atoms with Crippen molar-refractivity contribution in [3.05, 3.63) is 50.8 Å². The fourth-order valence-electron chi connectivity index (χ4n) is 1.75. The van der Waals surface area contributed by atoms with E-state index in [1.807, 2.05) is 6.92 Å². The molecule has 0 fully saturated rings. The maximum absolute atomic E-state index is 12.6. The predicted molar refractivity (Wildman–Crippen MR) is 83.9 cm³/mol. The molecule has 0 radical (unpaired) electrons. The maximum Gasteiger partial charge on any atom is 0.244 e. The molecule has 1 heterocycles. The van der Waals surface area contributed by atoms with E-state index in [1.165, 1.54) is 4.31 Å². The molecule has 0 unspecified atom stereocenters. The van der Waals surface area contributed by atoms with Crippen molar-refractivity contribution in [3.8, 4) is 0 Å². The summed E-state index contributed by atoms with van der Waals surface area (Å²) in [6, 6.07) is 6.76. The molecule has 0 saturated heterocycles. The topological polar surface area (TPSA) is 50.5 Å². The Hall–Kier alpha value is -0.630. The van der Waals surface area contributed by atoms with Gasteiger partial charge in [-0.2, -0.15) is 4.31 Å². The lowest BCUT2D eigenvalue weighted by molar-refractivity contribution is 0.458. The van der Waals surface area contributed by atoms with Crippen molar-refractivity contribution in [3.63, 3.8) is 0 Å². The van der Waals surface area contributed by atoms with E-state index in [0.29, 0.717) is 4.47 Å². The first-order chi connectivity index (χ1) is 9.32. The SMILES string of the molecule is Cc1occc1CN(C)S(=O)(=O)c1ccc(Br)cc1Br. The van der Waals surface area contributed by atoms with Crippen molar-refractivity contribution in [1.82, 2.24) is 4.31 Å². The Kier molecular flexibility index (Phi) is 4.73. The quantitative estimate of drug-likeness (QED) is 0.749. The first kappa shape index (κ1) is 15.8. The molecular weight excluding hydrogens is 410 g/mol. The first-order valence-electron chi connectivity index (χ1n) is 5.76. The minimum atomic E-state index is -3.56. The fraction of sp³-hybridized carbons (Fsp3) is 0.231. The van der Waals surface area contributed by atoms with Crippen LogP contribution < -0.4 is 0 Å². The maximum atomic E-state index is 12.6. The fourth-order valence-corrected chi connectivity index (χ4v) is 4.60. The van der Waals surface area contributed by atoms with E-state index in [1.54, 1.807) is 37.6 Å². The van der Waals surface area contributed by atoms with E-state index < -0.39 is 10.0 Å². The second kappa shape index (κ2) is 6.01. The third kappa shape index (κ3) is 3.16. The lowest BCUT2D eigenvalue weighted by Gasteiger charge is -2.18. The van der Waals surface area contributed by atoms with Gasteiger partial charge in [-0.3, -0.25) is 0 Å². The Morgan fingerprint density at radius 2 is 1.95 bits per heavy atom. The van der Waals surface area contributed by atoms with Crippen LogP contribution in [0, 0.1) is 6.92 Å². The molecule has 1 aromatic heterocycles. The normalized spacial score (nSPS) is 12.1. The molecule has 0 spiro atoms. The number of nitrogens with zero attached hydrogens (tertiary/aromatic N) is 1. The van der Waals surface area contributed by atoms with Crippen molar-refractivity contribution in [2.75, 3.05) is 7.05 Å². The number of rotatable bonds is 4. The second-order valence-electron chi connectivity index (χ2n) is 4.34. The summed E-state index contributed by atoms with van der Waals surface area (Å²) in [6.45, 7) is 2.08. The molecule has 0 bridgehead atoms. The number of benzene rings is 1. The van der Waals surface area contributed by atoms with Gasteiger partial charge in [-0.1, -0.05) is 15.9 Å². The van der Waals surface area contributed by atoms with E-state index in [0.717, 1.165) is 15.8 Å². The zero-order valence-corrected chi connectivity index (χ0v) is 14.9. The van der Waals surface area contributed by atoms with Gasteiger partial charge < -0.3 is 4.42 Å². The van der Waals surface area contributed by atoms with Crippen LogP contribution in [0.1, 0.15) is 11.3 Å². The molecule has 2 aromatic rings. The van der Waals surface area contributed by atoms with Gasteiger partial charge in [-0.25, -0.2) is 8.42 Å². The number of hydrogen-bond donors (Lipinski definition) is 0. The standard InChI is InChI=1S/C13H13Br2NO3S/c1-9-10(5-6-19-9)8-16(2)20(17,18)13-4-3-11(14)7-12(13)15/h3-7H,8H2,1-2H3. The van der Waals surface area contributed by atoms with Crippen molar-refractivity contribution in [2.24, 2.45) is 0 Å². The monoisotopic (exact) mass is 421 g/mol. The lowest BCUT2D eigenvalue weighted by Crippen LogP contribution is -2.26. The van der Waals surface area contributed by atoms with E-state index in [2.05, 4.69) is 31.9 Å². The van der Waals surface area contributed by atoms with Gasteiger partial charge in [0.15, 0.2) is 0 Å². The van der Waals surface area contributed by atoms with Crippen molar-refractivity contribution >= 4 is 41.9 Å². The molecule has 0 saturated carbocycles. The molecule has 4 nitrogen and oxygen atoms in total. The van der Waals surface area contributed by atoms with E-state index >= 15 is 0 Å². The van der Waals surface area contributed by atoms with Crippen molar-refractivity contribution in [1.29, 1.82) is 0 Å². The number of aryl methyl sites for hydroxylation is 1. The molecular formula is C13H13Br2NO3S. The number of furan rings is 1. The van der Waals surface area contributed by atoms with Gasteiger partial charge in [0, 0.05) is 28.1 Å². The van der Waals surface area contributed by atoms with Gasteiger partial charge in [0.1, 0.15) is 5.76 Å². The summed E-state index contributed by atoms with van der Waals surface area (Å²) in [5.74, 6) is 0.724. The molecule has 0 aliphatic carbocycles. The van der Waals surface area contributed by atoms with E-state index in [9.17, 15) is 8.42 Å². The van der Waals surface area contributed by atoms with Crippen LogP contribution in [0.4, 0.5) is 0 Å². The first-order valence-corrected chi connectivity index (χ1v) is 8.79. The Morgan fingerprint density at radius 3 is 2.50 bits per heavy atom. The highest BCUT2D eigenvalue weighted by Crippen LogP contribution is 2.28. The Labute approximate surface area is 135 Å². The average Bonchev–Trinajstić information content (AvgIpc) is 2.74. The summed E-state index contributed by atoms with van der Waals surface area (Å²) in [5.41, 5.74) is 0.851. The molecule has 0 aliphatic heterocycles. The molecule has 0 atom stereocenters. The molecule has 2 rings (SSSR count). The predicted octanol–water partition coefficient (Wildman–Crippen LogP) is 3.93. The smallest absolute Gasteiger partial charge is 0.244 e. The number of sulfonamides is 1. The largest absolute Gasteiger partial charge is 0.469 e. The summed E-state index contributed by atoms with van der Waals surface area (Å²) in [4.78, 5) is 0.240. The van der Waals surface area contributed by atoms with Crippen LogP contribution in [0.15, 0.2) is 48.8 Å². The van der Waals surface area contributed by atoms with Gasteiger partial charge in [-0.15, -0.1) is 0 Å². The summed E-state index contributed by atoms with van der Waals surface area (Å²) in [5, 5.41) is 0. The minimum absolute atomic E-state index is 0.240. The van der Waals surface area contributed by atoms with Crippen LogP contribution in [0.2, 0.25) is 0 Å². The van der Waals surface area contributed by atoms with Crippen LogP contribution >= 0.6 is 31.9 Å². The second-order valence-corrected chi connectivity index (χ2v) is 8.12. The third-order valence-electron chi connectivity index (χ3n) is 2.94. The molecule has 108 valence electrons. The van der Waals surface area contributed by atoms with Crippen LogP contribution in [-0.2, 0) is 16.6 Å². The highest BCUT2D eigenvalue weighted by atomic mass is 79.9. The van der Waals surface area contributed by atoms with Crippen LogP contribution in [-0.4, -0.2) is 19.8 Å². The van der Waals surface area contributed by atoms with E-state index in [-0.39, 0.29) is 11.4 Å². The average molecular weight is 423 g/mol. The summed E-state index contributed by atoms with van der Waals surface area (Å²) in [6.07, 6.45) is 1.56. The van der Waals surface area contributed by atoms with Crippen molar-refractivity contribution < 1.29 is 12.8 Å². The zero-order valence-electron chi connectivity index (χ0n) is 10.9. The number of hydrogen-bond acceptors (Lipinski definition) is 3. The molecule has 1 aromatic carbocycles. The van der Waals surface area contributed by atoms with Crippen LogP contribution in [0.5, 0.6) is 0 Å². The summed E-state index contributed by atoms with van der Waals surface area (Å²) < 4.78 is 32.9. The lowest BCUT2D eigenvalue weighted by atomic mass is 10.3.